The molecular formula is C40H64Cl2O. The first-order chi connectivity index (χ1) is 20.8. The lowest BCUT2D eigenvalue weighted by atomic mass is 9.90. The molecule has 5 rings (SSSR count). The summed E-state index contributed by atoms with van der Waals surface area (Å²) < 4.78 is 5.50. The molecule has 244 valence electrons. The molecule has 0 saturated carbocycles. The fraction of sp³-hybridized carbons (Fsp3) is 0.550. The van der Waals surface area contributed by atoms with Crippen molar-refractivity contribution in [1.29, 1.82) is 0 Å². The van der Waals surface area contributed by atoms with Gasteiger partial charge in [0.2, 0.25) is 0 Å². The first-order valence-electron chi connectivity index (χ1n) is 17.1. The van der Waals surface area contributed by atoms with Gasteiger partial charge in [-0.2, -0.15) is 0 Å². The fourth-order valence-electron chi connectivity index (χ4n) is 4.63. The van der Waals surface area contributed by atoms with Crippen LogP contribution in [0.15, 0.2) is 42.5 Å². The Morgan fingerprint density at radius 2 is 1.09 bits per heavy atom. The Kier molecular flexibility index (Phi) is 26.5. The SMILES string of the molecule is CC.CC.CC.CC.CCCc1ccc(C)c(C)c1.Cc1ccc2c(c1Cl)CCCC2.Cc1ccc2c(c1Cl)OCCC2. The Bertz CT molecular complexity index is 1070. The summed E-state index contributed by atoms with van der Waals surface area (Å²) in [7, 11) is 0. The molecule has 0 radical (unpaired) electrons. The molecule has 3 heteroatoms. The molecule has 0 unspecified atom stereocenters. The van der Waals surface area contributed by atoms with E-state index in [1.54, 1.807) is 0 Å². The van der Waals surface area contributed by atoms with Gasteiger partial charge in [-0.25, -0.2) is 0 Å². The van der Waals surface area contributed by atoms with Crippen molar-refractivity contribution in [1.82, 2.24) is 0 Å². The van der Waals surface area contributed by atoms with Crippen molar-refractivity contribution in [2.45, 2.75) is 141 Å². The molecule has 0 spiro atoms. The largest absolute Gasteiger partial charge is 0.492 e. The predicted octanol–water partition coefficient (Wildman–Crippen LogP) is 13.9. The summed E-state index contributed by atoms with van der Waals surface area (Å²) in [6.45, 7) is 27.4. The molecule has 0 saturated heterocycles. The monoisotopic (exact) mass is 630 g/mol. The summed E-state index contributed by atoms with van der Waals surface area (Å²) in [5.41, 5.74) is 10.7. The van der Waals surface area contributed by atoms with Crippen molar-refractivity contribution < 1.29 is 4.74 Å². The lowest BCUT2D eigenvalue weighted by Crippen LogP contribution is -2.08. The molecule has 0 amide bonds. The Hall–Kier alpha value is -1.96. The molecule has 43 heavy (non-hydrogen) atoms. The van der Waals surface area contributed by atoms with Crippen LogP contribution >= 0.6 is 23.2 Å². The quantitative estimate of drug-likeness (QED) is 0.273. The number of hydrogen-bond donors (Lipinski definition) is 0. The van der Waals surface area contributed by atoms with Crippen LogP contribution in [-0.4, -0.2) is 6.61 Å². The van der Waals surface area contributed by atoms with Crippen molar-refractivity contribution in [2.75, 3.05) is 6.61 Å². The molecule has 0 aromatic heterocycles. The molecule has 1 heterocycles. The van der Waals surface area contributed by atoms with Crippen molar-refractivity contribution in [3.8, 4) is 5.75 Å². The highest BCUT2D eigenvalue weighted by Gasteiger charge is 2.15. The van der Waals surface area contributed by atoms with Crippen LogP contribution in [0.1, 0.15) is 133 Å². The van der Waals surface area contributed by atoms with E-state index in [1.807, 2.05) is 62.3 Å². The van der Waals surface area contributed by atoms with E-state index >= 15 is 0 Å². The number of ether oxygens (including phenoxy) is 1. The summed E-state index contributed by atoms with van der Waals surface area (Å²) in [6, 6.07) is 15.2. The molecule has 3 aromatic carbocycles. The zero-order valence-corrected chi connectivity index (χ0v) is 31.6. The second-order valence-corrected chi connectivity index (χ2v) is 10.6. The van der Waals surface area contributed by atoms with E-state index in [-0.39, 0.29) is 0 Å². The van der Waals surface area contributed by atoms with Gasteiger partial charge in [-0.3, -0.25) is 0 Å². The van der Waals surface area contributed by atoms with Crippen LogP contribution in [0.25, 0.3) is 0 Å². The molecule has 0 atom stereocenters. The van der Waals surface area contributed by atoms with Crippen LogP contribution in [0.2, 0.25) is 10.0 Å². The highest BCUT2D eigenvalue weighted by molar-refractivity contribution is 6.33. The second kappa shape index (κ2) is 26.4. The molecule has 0 N–H and O–H groups in total. The molecule has 0 bridgehead atoms. The highest BCUT2D eigenvalue weighted by Crippen LogP contribution is 2.35. The first kappa shape index (κ1) is 43.2. The summed E-state index contributed by atoms with van der Waals surface area (Å²) >= 11 is 12.3. The average Bonchev–Trinajstić information content (AvgIpc) is 3.07. The van der Waals surface area contributed by atoms with Crippen molar-refractivity contribution in [2.24, 2.45) is 0 Å². The van der Waals surface area contributed by atoms with Gasteiger partial charge in [0, 0.05) is 5.02 Å². The van der Waals surface area contributed by atoms with Crippen LogP contribution in [0.5, 0.6) is 5.75 Å². The summed E-state index contributed by atoms with van der Waals surface area (Å²) in [5.74, 6) is 0.905. The number of benzene rings is 3. The normalized spacial score (nSPS) is 11.8. The Morgan fingerprint density at radius 3 is 1.67 bits per heavy atom. The Morgan fingerprint density at radius 1 is 0.581 bits per heavy atom. The number of aryl methyl sites for hydroxylation is 7. The minimum absolute atomic E-state index is 0.784. The minimum atomic E-state index is 0.784. The third-order valence-electron chi connectivity index (χ3n) is 6.97. The van der Waals surface area contributed by atoms with Gasteiger partial charge in [-0.1, -0.05) is 134 Å². The van der Waals surface area contributed by atoms with E-state index in [1.165, 1.54) is 77.5 Å². The van der Waals surface area contributed by atoms with Crippen LogP contribution in [0.3, 0.4) is 0 Å². The van der Waals surface area contributed by atoms with E-state index in [0.717, 1.165) is 40.8 Å². The van der Waals surface area contributed by atoms with Gasteiger partial charge < -0.3 is 4.74 Å². The van der Waals surface area contributed by atoms with E-state index in [0.29, 0.717) is 0 Å². The van der Waals surface area contributed by atoms with Gasteiger partial charge >= 0.3 is 0 Å². The molecule has 3 aromatic rings. The molecular weight excluding hydrogens is 567 g/mol. The first-order valence-corrected chi connectivity index (χ1v) is 17.8. The Labute approximate surface area is 277 Å². The lowest BCUT2D eigenvalue weighted by Gasteiger charge is -2.18. The highest BCUT2D eigenvalue weighted by atomic mass is 35.5. The molecule has 1 aliphatic heterocycles. The number of rotatable bonds is 2. The predicted molar refractivity (Wildman–Crippen MR) is 198 cm³/mol. The summed E-state index contributed by atoms with van der Waals surface area (Å²) in [6.07, 6.45) is 9.67. The van der Waals surface area contributed by atoms with E-state index < -0.39 is 0 Å². The van der Waals surface area contributed by atoms with E-state index in [2.05, 4.69) is 70.2 Å². The third kappa shape index (κ3) is 15.1. The van der Waals surface area contributed by atoms with Crippen LogP contribution in [0, 0.1) is 27.7 Å². The van der Waals surface area contributed by atoms with Crippen LogP contribution in [0.4, 0.5) is 0 Å². The Balaban J connectivity index is 0. The average molecular weight is 632 g/mol. The van der Waals surface area contributed by atoms with Crippen LogP contribution in [-0.2, 0) is 25.7 Å². The van der Waals surface area contributed by atoms with Crippen molar-refractivity contribution in [3.63, 3.8) is 0 Å². The fourth-order valence-corrected chi connectivity index (χ4v) is 5.15. The van der Waals surface area contributed by atoms with Gasteiger partial charge in [0.15, 0.2) is 0 Å². The maximum absolute atomic E-state index is 6.21. The smallest absolute Gasteiger partial charge is 0.141 e. The standard InChI is InChI=1S/C11H13Cl.C11H16.C10H11ClO.4C2H6/c1-8-6-7-9-4-2-3-5-10(9)11(8)12;1-4-5-11-7-6-9(2)10(3)8-11;1-7-4-5-8-3-2-6-12-10(8)9(7)11;4*1-2/h6-7H,2-5H2,1H3;6-8H,4-5H2,1-3H3;4-5H,2-3,6H2,1H3;4*1-2H3. The molecule has 1 aliphatic carbocycles. The molecule has 0 fully saturated rings. The van der Waals surface area contributed by atoms with Crippen molar-refractivity contribution in [3.05, 3.63) is 97.0 Å². The third-order valence-corrected chi connectivity index (χ3v) is 7.97. The zero-order valence-electron chi connectivity index (χ0n) is 30.1. The zero-order chi connectivity index (χ0) is 33.4. The maximum atomic E-state index is 6.21. The van der Waals surface area contributed by atoms with Gasteiger partial charge in [0.05, 0.1) is 11.6 Å². The number of halogens is 2. The van der Waals surface area contributed by atoms with E-state index in [9.17, 15) is 0 Å². The summed E-state index contributed by atoms with van der Waals surface area (Å²) in [5, 5.41) is 1.79. The van der Waals surface area contributed by atoms with Gasteiger partial charge in [-0.05, 0) is 117 Å². The number of hydrogen-bond acceptors (Lipinski definition) is 1. The number of fused-ring (bicyclic) bond motifs is 2. The van der Waals surface area contributed by atoms with Gasteiger partial charge in [0.25, 0.3) is 0 Å². The molecule has 2 aliphatic rings. The topological polar surface area (TPSA) is 9.23 Å². The maximum Gasteiger partial charge on any atom is 0.141 e. The van der Waals surface area contributed by atoms with Gasteiger partial charge in [0.1, 0.15) is 5.75 Å². The lowest BCUT2D eigenvalue weighted by molar-refractivity contribution is 0.288. The van der Waals surface area contributed by atoms with Crippen LogP contribution < -0.4 is 4.74 Å². The minimum Gasteiger partial charge on any atom is -0.492 e. The molecule has 1 nitrogen and oxygen atoms in total. The second-order valence-electron chi connectivity index (χ2n) is 9.85. The van der Waals surface area contributed by atoms with E-state index in [4.69, 9.17) is 27.9 Å². The van der Waals surface area contributed by atoms with Crippen molar-refractivity contribution >= 4 is 23.2 Å². The summed E-state index contributed by atoms with van der Waals surface area (Å²) in [4.78, 5) is 0. The van der Waals surface area contributed by atoms with Gasteiger partial charge in [-0.15, -0.1) is 0 Å².